The van der Waals surface area contributed by atoms with Gasteiger partial charge in [0.15, 0.2) is 0 Å². The topological polar surface area (TPSA) is 41.6 Å². The minimum Gasteiger partial charge on any atom is -0.379 e. The van der Waals surface area contributed by atoms with Crippen LogP contribution in [0.1, 0.15) is 51.1 Å². The first-order valence-corrected chi connectivity index (χ1v) is 9.40. The van der Waals surface area contributed by atoms with Crippen LogP contribution in [0.4, 0.5) is 0 Å². The smallest absolute Gasteiger partial charge is 0.223 e. The molecule has 4 heteroatoms. The van der Waals surface area contributed by atoms with Crippen LogP contribution in [0.5, 0.6) is 0 Å². The molecule has 0 bridgehead atoms. The molecule has 2 unspecified atom stereocenters. The lowest BCUT2D eigenvalue weighted by molar-refractivity contribution is -0.125. The minimum absolute atomic E-state index is 0.145. The number of benzene rings is 1. The van der Waals surface area contributed by atoms with Crippen LogP contribution in [-0.2, 0) is 9.53 Å². The van der Waals surface area contributed by atoms with E-state index in [1.165, 1.54) is 5.56 Å². The lowest BCUT2D eigenvalue weighted by Gasteiger charge is -2.35. The molecule has 1 heterocycles. The summed E-state index contributed by atoms with van der Waals surface area (Å²) in [4.78, 5) is 15.0. The molecular weight excluding hydrogens is 300 g/mol. The fourth-order valence-corrected chi connectivity index (χ4v) is 3.33. The number of morpholine rings is 1. The number of hydrogen-bond acceptors (Lipinski definition) is 3. The molecule has 1 aliphatic rings. The fourth-order valence-electron chi connectivity index (χ4n) is 3.33. The number of carbonyl (C=O) groups excluding carboxylic acids is 1. The molecule has 0 aromatic heterocycles. The van der Waals surface area contributed by atoms with E-state index in [2.05, 4.69) is 48.3 Å². The molecule has 134 valence electrons. The molecular formula is C20H32N2O2. The second kappa shape index (κ2) is 10.5. The number of amides is 1. The summed E-state index contributed by atoms with van der Waals surface area (Å²) in [5, 5.41) is 3.22. The van der Waals surface area contributed by atoms with Crippen molar-refractivity contribution in [2.45, 2.75) is 45.6 Å². The average Bonchev–Trinajstić information content (AvgIpc) is 2.64. The fraction of sp³-hybridized carbons (Fsp3) is 0.650. The Morgan fingerprint density at radius 3 is 2.54 bits per heavy atom. The Labute approximate surface area is 146 Å². The van der Waals surface area contributed by atoms with E-state index in [9.17, 15) is 4.79 Å². The van der Waals surface area contributed by atoms with Gasteiger partial charge in [0.25, 0.3) is 0 Å². The molecule has 1 saturated heterocycles. The molecule has 1 aromatic carbocycles. The van der Waals surface area contributed by atoms with Crippen LogP contribution < -0.4 is 5.32 Å². The summed E-state index contributed by atoms with van der Waals surface area (Å²) < 4.78 is 5.48. The van der Waals surface area contributed by atoms with Gasteiger partial charge in [0.05, 0.1) is 19.3 Å². The molecule has 4 nitrogen and oxygen atoms in total. The number of hydrogen-bond donors (Lipinski definition) is 1. The van der Waals surface area contributed by atoms with Gasteiger partial charge in [0.1, 0.15) is 0 Å². The third kappa shape index (κ3) is 5.60. The van der Waals surface area contributed by atoms with Crippen molar-refractivity contribution in [3.05, 3.63) is 35.9 Å². The predicted molar refractivity (Wildman–Crippen MR) is 97.9 cm³/mol. The summed E-state index contributed by atoms with van der Waals surface area (Å²) in [7, 11) is 0. The lowest BCUT2D eigenvalue weighted by atomic mass is 9.98. The number of carbonyl (C=O) groups is 1. The number of nitrogens with zero attached hydrogens (tertiary/aromatic N) is 1. The molecule has 1 aromatic rings. The molecule has 2 atom stereocenters. The van der Waals surface area contributed by atoms with Crippen molar-refractivity contribution in [3.63, 3.8) is 0 Å². The Balaban J connectivity index is 1.98. The van der Waals surface area contributed by atoms with Crippen LogP contribution in [0, 0.1) is 5.92 Å². The highest BCUT2D eigenvalue weighted by molar-refractivity contribution is 5.78. The maximum atomic E-state index is 12.5. The second-order valence-corrected chi connectivity index (χ2v) is 6.57. The normalized spacial score (nSPS) is 18.1. The van der Waals surface area contributed by atoms with E-state index in [1.807, 2.05) is 6.07 Å². The van der Waals surface area contributed by atoms with Crippen LogP contribution in [0.15, 0.2) is 30.3 Å². The highest BCUT2D eigenvalue weighted by Crippen LogP contribution is 2.21. The Morgan fingerprint density at radius 1 is 1.21 bits per heavy atom. The third-order valence-electron chi connectivity index (χ3n) is 4.91. The van der Waals surface area contributed by atoms with Crippen molar-refractivity contribution < 1.29 is 9.53 Å². The molecule has 1 aliphatic heterocycles. The molecule has 0 spiro atoms. The van der Waals surface area contributed by atoms with Crippen LogP contribution in [0.25, 0.3) is 0 Å². The van der Waals surface area contributed by atoms with Gasteiger partial charge in [-0.15, -0.1) is 0 Å². The minimum atomic E-state index is 0.145. The van der Waals surface area contributed by atoms with Gasteiger partial charge in [-0.2, -0.15) is 0 Å². The molecule has 0 aliphatic carbocycles. The zero-order chi connectivity index (χ0) is 17.2. The van der Waals surface area contributed by atoms with E-state index in [-0.39, 0.29) is 17.9 Å². The Kier molecular flexibility index (Phi) is 8.26. The van der Waals surface area contributed by atoms with Crippen LogP contribution in [0.3, 0.4) is 0 Å². The first kappa shape index (κ1) is 18.9. The molecule has 24 heavy (non-hydrogen) atoms. The average molecular weight is 332 g/mol. The quantitative estimate of drug-likeness (QED) is 0.753. The molecule has 1 N–H and O–H groups in total. The van der Waals surface area contributed by atoms with Crippen molar-refractivity contribution in [1.29, 1.82) is 0 Å². The summed E-state index contributed by atoms with van der Waals surface area (Å²) in [6.07, 6.45) is 4.17. The van der Waals surface area contributed by atoms with E-state index in [4.69, 9.17) is 4.74 Å². The maximum absolute atomic E-state index is 12.5. The number of nitrogens with one attached hydrogen (secondary N) is 1. The Hall–Kier alpha value is -1.39. The van der Waals surface area contributed by atoms with E-state index < -0.39 is 0 Å². The van der Waals surface area contributed by atoms with Crippen molar-refractivity contribution in [2.75, 3.05) is 32.8 Å². The van der Waals surface area contributed by atoms with Gasteiger partial charge < -0.3 is 10.1 Å². The van der Waals surface area contributed by atoms with Gasteiger partial charge in [-0.25, -0.2) is 0 Å². The van der Waals surface area contributed by atoms with Gasteiger partial charge >= 0.3 is 0 Å². The SMILES string of the molecule is CCCCC(CC)C(=O)NCC(c1ccccc1)N1CCOCC1. The van der Waals surface area contributed by atoms with Crippen molar-refractivity contribution in [3.8, 4) is 0 Å². The summed E-state index contributed by atoms with van der Waals surface area (Å²) >= 11 is 0. The summed E-state index contributed by atoms with van der Waals surface area (Å²) in [5.74, 6) is 0.353. The molecule has 1 amide bonds. The highest BCUT2D eigenvalue weighted by Gasteiger charge is 2.24. The van der Waals surface area contributed by atoms with Crippen molar-refractivity contribution in [1.82, 2.24) is 10.2 Å². The third-order valence-corrected chi connectivity index (χ3v) is 4.91. The van der Waals surface area contributed by atoms with Gasteiger partial charge in [-0.3, -0.25) is 9.69 Å². The monoisotopic (exact) mass is 332 g/mol. The summed E-state index contributed by atoms with van der Waals surface area (Å²) in [6, 6.07) is 10.7. The zero-order valence-electron chi connectivity index (χ0n) is 15.2. The Morgan fingerprint density at radius 2 is 1.92 bits per heavy atom. The van der Waals surface area contributed by atoms with Gasteiger partial charge in [-0.05, 0) is 18.4 Å². The van der Waals surface area contributed by atoms with E-state index >= 15 is 0 Å². The maximum Gasteiger partial charge on any atom is 0.223 e. The van der Waals surface area contributed by atoms with Gasteiger partial charge in [-0.1, -0.05) is 57.0 Å². The van der Waals surface area contributed by atoms with Crippen molar-refractivity contribution >= 4 is 5.91 Å². The van der Waals surface area contributed by atoms with Crippen LogP contribution >= 0.6 is 0 Å². The molecule has 0 radical (unpaired) electrons. The van der Waals surface area contributed by atoms with E-state index in [0.29, 0.717) is 6.54 Å². The zero-order valence-corrected chi connectivity index (χ0v) is 15.2. The largest absolute Gasteiger partial charge is 0.379 e. The lowest BCUT2D eigenvalue weighted by Crippen LogP contribution is -2.44. The number of rotatable bonds is 9. The predicted octanol–water partition coefficient (Wildman–Crippen LogP) is 3.39. The van der Waals surface area contributed by atoms with Crippen LogP contribution in [-0.4, -0.2) is 43.7 Å². The van der Waals surface area contributed by atoms with Gasteiger partial charge in [0, 0.05) is 25.6 Å². The summed E-state index contributed by atoms with van der Waals surface area (Å²) in [6.45, 7) is 8.33. The summed E-state index contributed by atoms with van der Waals surface area (Å²) in [5.41, 5.74) is 1.27. The second-order valence-electron chi connectivity index (χ2n) is 6.57. The van der Waals surface area contributed by atoms with Gasteiger partial charge in [0.2, 0.25) is 5.91 Å². The number of unbranched alkanes of at least 4 members (excludes halogenated alkanes) is 1. The molecule has 0 saturated carbocycles. The highest BCUT2D eigenvalue weighted by atomic mass is 16.5. The molecule has 1 fully saturated rings. The Bertz CT molecular complexity index is 472. The van der Waals surface area contributed by atoms with Crippen molar-refractivity contribution in [2.24, 2.45) is 5.92 Å². The molecule has 2 rings (SSSR count). The van der Waals surface area contributed by atoms with E-state index in [0.717, 1.165) is 52.0 Å². The van der Waals surface area contributed by atoms with E-state index in [1.54, 1.807) is 0 Å². The number of ether oxygens (including phenoxy) is 1. The first-order chi connectivity index (χ1) is 11.8. The standard InChI is InChI=1S/C20H32N2O2/c1-3-5-9-17(4-2)20(23)21-16-19(18-10-7-6-8-11-18)22-12-14-24-15-13-22/h6-8,10-11,17,19H,3-5,9,12-16H2,1-2H3,(H,21,23). The van der Waals surface area contributed by atoms with Crippen LogP contribution in [0.2, 0.25) is 0 Å². The first-order valence-electron chi connectivity index (χ1n) is 9.40.